The topological polar surface area (TPSA) is 90.7 Å². The van der Waals surface area contributed by atoms with Crippen LogP contribution in [0.5, 0.6) is 0 Å². The van der Waals surface area contributed by atoms with Crippen LogP contribution in [0.3, 0.4) is 0 Å². The number of rotatable bonds is 5. The van der Waals surface area contributed by atoms with Crippen LogP contribution < -0.4 is 0 Å². The molecule has 0 aliphatic carbocycles. The number of hydrogen-bond acceptors (Lipinski definition) is 5. The maximum absolute atomic E-state index is 12.5. The van der Waals surface area contributed by atoms with Crippen molar-refractivity contribution in [1.29, 1.82) is 0 Å². The number of aliphatic hydroxyl groups excluding tert-OH is 2. The van der Waals surface area contributed by atoms with Crippen molar-refractivity contribution >= 4 is 10.0 Å². The number of hydrogen-bond donors (Lipinski definition) is 2. The minimum absolute atomic E-state index is 0.0160. The number of pyridine rings is 1. The summed E-state index contributed by atoms with van der Waals surface area (Å²) < 4.78 is 26.1. The Morgan fingerprint density at radius 3 is 2.57 bits per heavy atom. The van der Waals surface area contributed by atoms with Gasteiger partial charge in [-0.3, -0.25) is 4.98 Å². The van der Waals surface area contributed by atoms with Gasteiger partial charge in [0.25, 0.3) is 0 Å². The number of sulfonamides is 1. The number of likely N-dealkylation sites (N-methyl/N-ethyl adjacent to an activating group) is 1. The lowest BCUT2D eigenvalue weighted by Gasteiger charge is -2.32. The highest BCUT2D eigenvalue weighted by Crippen LogP contribution is 2.22. The Morgan fingerprint density at radius 2 is 2.00 bits per heavy atom. The van der Waals surface area contributed by atoms with Gasteiger partial charge in [-0.1, -0.05) is 11.8 Å². The van der Waals surface area contributed by atoms with E-state index in [1.54, 1.807) is 13.8 Å². The molecule has 1 heterocycles. The van der Waals surface area contributed by atoms with Gasteiger partial charge in [-0.05, 0) is 19.9 Å². The standard InChI is InChI=1S/C14H20N2O4S/c1-14(2,11-18)16(3)21(19,20)13-8-12(9-15-10-13)6-4-5-7-17/h8-10,17-18H,5,7,11H2,1-3H3. The van der Waals surface area contributed by atoms with E-state index in [4.69, 9.17) is 5.11 Å². The summed E-state index contributed by atoms with van der Waals surface area (Å²) in [5.41, 5.74) is -0.461. The number of aliphatic hydroxyl groups is 2. The molecule has 0 amide bonds. The van der Waals surface area contributed by atoms with Crippen LogP contribution in [0.1, 0.15) is 25.8 Å². The quantitative estimate of drug-likeness (QED) is 0.758. The highest BCUT2D eigenvalue weighted by atomic mass is 32.2. The molecular formula is C14H20N2O4S. The van der Waals surface area contributed by atoms with Crippen molar-refractivity contribution in [2.45, 2.75) is 30.7 Å². The fraction of sp³-hybridized carbons (Fsp3) is 0.500. The first-order chi connectivity index (χ1) is 9.75. The molecule has 0 radical (unpaired) electrons. The van der Waals surface area contributed by atoms with Gasteiger partial charge in [0, 0.05) is 31.4 Å². The summed E-state index contributed by atoms with van der Waals surface area (Å²) in [7, 11) is -2.36. The van der Waals surface area contributed by atoms with E-state index in [2.05, 4.69) is 16.8 Å². The molecule has 21 heavy (non-hydrogen) atoms. The van der Waals surface area contributed by atoms with Crippen LogP contribution in [0.4, 0.5) is 0 Å². The number of nitrogens with zero attached hydrogens (tertiary/aromatic N) is 2. The molecular weight excluding hydrogens is 292 g/mol. The summed E-state index contributed by atoms with van der Waals surface area (Å²) in [6.07, 6.45) is 3.02. The Labute approximate surface area is 125 Å². The fourth-order valence-corrected chi connectivity index (χ4v) is 2.93. The predicted octanol–water partition coefficient (Wildman–Crippen LogP) is 0.207. The van der Waals surface area contributed by atoms with Crippen LogP contribution in [0.25, 0.3) is 0 Å². The normalized spacial score (nSPS) is 12.1. The minimum Gasteiger partial charge on any atom is -0.395 e. The molecule has 0 atom stereocenters. The van der Waals surface area contributed by atoms with E-state index < -0.39 is 15.6 Å². The third-order valence-corrected chi connectivity index (χ3v) is 5.11. The van der Waals surface area contributed by atoms with Gasteiger partial charge in [0.05, 0.1) is 18.8 Å². The molecule has 0 bridgehead atoms. The summed E-state index contributed by atoms with van der Waals surface area (Å²) >= 11 is 0. The van der Waals surface area contributed by atoms with Gasteiger partial charge < -0.3 is 10.2 Å². The molecule has 6 nitrogen and oxygen atoms in total. The van der Waals surface area contributed by atoms with Crippen molar-refractivity contribution < 1.29 is 18.6 Å². The van der Waals surface area contributed by atoms with E-state index >= 15 is 0 Å². The SMILES string of the molecule is CN(C(C)(C)CO)S(=O)(=O)c1cncc(C#CCCO)c1. The first-order valence-electron chi connectivity index (χ1n) is 6.40. The lowest BCUT2D eigenvalue weighted by atomic mass is 10.1. The zero-order valence-electron chi connectivity index (χ0n) is 12.4. The number of aromatic nitrogens is 1. The highest BCUT2D eigenvalue weighted by Gasteiger charge is 2.33. The Hall–Kier alpha value is -1.46. The van der Waals surface area contributed by atoms with Crippen molar-refractivity contribution in [2.75, 3.05) is 20.3 Å². The van der Waals surface area contributed by atoms with Crippen LogP contribution in [0, 0.1) is 11.8 Å². The van der Waals surface area contributed by atoms with Gasteiger partial charge in [0.2, 0.25) is 10.0 Å². The first kappa shape index (κ1) is 17.6. The lowest BCUT2D eigenvalue weighted by Crippen LogP contribution is -2.47. The van der Waals surface area contributed by atoms with Crippen LogP contribution in [-0.4, -0.2) is 53.7 Å². The molecule has 0 aliphatic rings. The average molecular weight is 312 g/mol. The third kappa shape index (κ3) is 4.25. The second-order valence-corrected chi connectivity index (χ2v) is 7.10. The molecule has 1 rings (SSSR count). The molecule has 0 saturated carbocycles. The Balaban J connectivity index is 3.16. The maximum atomic E-state index is 12.5. The van der Waals surface area contributed by atoms with Gasteiger partial charge in [-0.25, -0.2) is 8.42 Å². The highest BCUT2D eigenvalue weighted by molar-refractivity contribution is 7.89. The second kappa shape index (κ2) is 7.00. The van der Waals surface area contributed by atoms with E-state index in [1.807, 2.05) is 0 Å². The van der Waals surface area contributed by atoms with Crippen LogP contribution in [-0.2, 0) is 10.0 Å². The fourth-order valence-electron chi connectivity index (χ4n) is 1.43. The van der Waals surface area contributed by atoms with Gasteiger partial charge in [0.15, 0.2) is 0 Å². The van der Waals surface area contributed by atoms with Crippen molar-refractivity contribution in [3.63, 3.8) is 0 Å². The molecule has 0 fully saturated rings. The van der Waals surface area contributed by atoms with E-state index in [9.17, 15) is 13.5 Å². The summed E-state index contributed by atoms with van der Waals surface area (Å²) in [5.74, 6) is 5.46. The predicted molar refractivity (Wildman–Crippen MR) is 78.9 cm³/mol. The van der Waals surface area contributed by atoms with E-state index in [-0.39, 0.29) is 18.1 Å². The largest absolute Gasteiger partial charge is 0.395 e. The Bertz CT molecular complexity index is 644. The molecule has 0 aromatic carbocycles. The lowest BCUT2D eigenvalue weighted by molar-refractivity contribution is 0.138. The summed E-state index contributed by atoms with van der Waals surface area (Å²) in [6, 6.07) is 1.43. The Kier molecular flexibility index (Phi) is 5.87. The van der Waals surface area contributed by atoms with Crippen molar-refractivity contribution in [3.05, 3.63) is 24.0 Å². The van der Waals surface area contributed by atoms with Gasteiger partial charge in [-0.15, -0.1) is 0 Å². The summed E-state index contributed by atoms with van der Waals surface area (Å²) in [6.45, 7) is 2.91. The monoisotopic (exact) mass is 312 g/mol. The molecule has 2 N–H and O–H groups in total. The molecule has 0 aliphatic heterocycles. The molecule has 0 unspecified atom stereocenters. The smallest absolute Gasteiger partial charge is 0.244 e. The van der Waals surface area contributed by atoms with Crippen molar-refractivity contribution in [3.8, 4) is 11.8 Å². The Morgan fingerprint density at radius 1 is 1.33 bits per heavy atom. The first-order valence-corrected chi connectivity index (χ1v) is 7.84. The van der Waals surface area contributed by atoms with E-state index in [1.165, 1.54) is 25.5 Å². The van der Waals surface area contributed by atoms with Crippen molar-refractivity contribution in [1.82, 2.24) is 9.29 Å². The van der Waals surface area contributed by atoms with E-state index in [0.717, 1.165) is 4.31 Å². The molecule has 0 saturated heterocycles. The van der Waals surface area contributed by atoms with Crippen LogP contribution >= 0.6 is 0 Å². The molecule has 116 valence electrons. The zero-order valence-corrected chi connectivity index (χ0v) is 13.2. The van der Waals surface area contributed by atoms with Crippen molar-refractivity contribution in [2.24, 2.45) is 0 Å². The summed E-state index contributed by atoms with van der Waals surface area (Å²) in [4.78, 5) is 3.90. The zero-order chi connectivity index (χ0) is 16.1. The van der Waals surface area contributed by atoms with Gasteiger partial charge >= 0.3 is 0 Å². The second-order valence-electron chi connectivity index (χ2n) is 5.13. The minimum atomic E-state index is -3.77. The van der Waals surface area contributed by atoms with Gasteiger partial charge in [-0.2, -0.15) is 4.31 Å². The molecule has 0 spiro atoms. The van der Waals surface area contributed by atoms with Crippen LogP contribution in [0.15, 0.2) is 23.4 Å². The molecule has 1 aromatic rings. The summed E-state index contributed by atoms with van der Waals surface area (Å²) in [5, 5.41) is 18.0. The maximum Gasteiger partial charge on any atom is 0.244 e. The van der Waals surface area contributed by atoms with Gasteiger partial charge in [0.1, 0.15) is 4.90 Å². The van der Waals surface area contributed by atoms with E-state index in [0.29, 0.717) is 12.0 Å². The van der Waals surface area contributed by atoms with Crippen LogP contribution in [0.2, 0.25) is 0 Å². The molecule has 7 heteroatoms. The average Bonchev–Trinajstić information content (AvgIpc) is 2.47. The molecule has 1 aromatic heterocycles. The third-order valence-electron chi connectivity index (χ3n) is 3.08.